The van der Waals surface area contributed by atoms with Crippen LogP contribution in [0.2, 0.25) is 0 Å². The Labute approximate surface area is 123 Å². The van der Waals surface area contributed by atoms with Crippen molar-refractivity contribution in [2.75, 3.05) is 19.4 Å². The average Bonchev–Trinajstić information content (AvgIpc) is 2.49. The lowest BCUT2D eigenvalue weighted by atomic mass is 10.1. The second-order valence-corrected chi connectivity index (χ2v) is 4.63. The highest BCUT2D eigenvalue weighted by Gasteiger charge is 2.12. The first-order chi connectivity index (χ1) is 10.1. The summed E-state index contributed by atoms with van der Waals surface area (Å²) in [5.41, 5.74) is 7.66. The van der Waals surface area contributed by atoms with Crippen LogP contribution in [0, 0.1) is 0 Å². The van der Waals surface area contributed by atoms with E-state index in [1.807, 2.05) is 12.1 Å². The van der Waals surface area contributed by atoms with Crippen molar-refractivity contribution in [3.63, 3.8) is 0 Å². The fourth-order valence-electron chi connectivity index (χ4n) is 1.98. The summed E-state index contributed by atoms with van der Waals surface area (Å²) in [5.74, 6) is 0.497. The number of nitrogens with two attached hydrogens (primary N) is 1. The number of amides is 1. The molecule has 2 rings (SSSR count). The molecule has 0 heterocycles. The number of anilines is 1. The van der Waals surface area contributed by atoms with Crippen molar-refractivity contribution in [3.8, 4) is 11.5 Å². The Morgan fingerprint density at radius 1 is 1.24 bits per heavy atom. The molecular formula is C16H18N2O3. The number of ether oxygens (including phenoxy) is 1. The van der Waals surface area contributed by atoms with E-state index in [9.17, 15) is 9.90 Å². The quantitative estimate of drug-likeness (QED) is 0.733. The molecule has 0 aliphatic rings. The zero-order valence-electron chi connectivity index (χ0n) is 11.8. The number of nitrogens with one attached hydrogen (secondary N) is 1. The lowest BCUT2D eigenvalue weighted by Gasteiger charge is -2.10. The number of phenolic OH excluding ortho intramolecular Hbond substituents is 1. The van der Waals surface area contributed by atoms with Crippen LogP contribution in [0.15, 0.2) is 42.5 Å². The van der Waals surface area contributed by atoms with Crippen molar-refractivity contribution < 1.29 is 14.6 Å². The van der Waals surface area contributed by atoms with E-state index < -0.39 is 0 Å². The minimum Gasteiger partial charge on any atom is -0.508 e. The molecule has 0 radical (unpaired) electrons. The number of methoxy groups -OCH3 is 1. The maximum Gasteiger partial charge on any atom is 0.255 e. The van der Waals surface area contributed by atoms with Gasteiger partial charge in [0.05, 0.1) is 12.7 Å². The summed E-state index contributed by atoms with van der Waals surface area (Å²) in [4.78, 5) is 12.1. The molecule has 0 atom stereocenters. The molecule has 0 fully saturated rings. The van der Waals surface area contributed by atoms with Crippen LogP contribution >= 0.6 is 0 Å². The third kappa shape index (κ3) is 3.89. The van der Waals surface area contributed by atoms with Crippen molar-refractivity contribution in [2.45, 2.75) is 6.42 Å². The highest BCUT2D eigenvalue weighted by molar-refractivity contribution is 5.97. The van der Waals surface area contributed by atoms with E-state index in [0.29, 0.717) is 30.0 Å². The first-order valence-electron chi connectivity index (χ1n) is 6.60. The second kappa shape index (κ2) is 6.65. The molecule has 0 spiro atoms. The molecule has 110 valence electrons. The second-order valence-electron chi connectivity index (χ2n) is 4.63. The van der Waals surface area contributed by atoms with Gasteiger partial charge >= 0.3 is 0 Å². The number of carbonyl (C=O) groups excluding carboxylic acids is 1. The van der Waals surface area contributed by atoms with Crippen LogP contribution in [0.1, 0.15) is 15.9 Å². The lowest BCUT2D eigenvalue weighted by Crippen LogP contribution is -2.26. The lowest BCUT2D eigenvalue weighted by molar-refractivity contribution is 0.0951. The van der Waals surface area contributed by atoms with Crippen LogP contribution in [-0.2, 0) is 6.42 Å². The van der Waals surface area contributed by atoms with E-state index in [0.717, 1.165) is 5.56 Å². The molecule has 0 aromatic heterocycles. The van der Waals surface area contributed by atoms with Gasteiger partial charge in [-0.1, -0.05) is 12.1 Å². The Kier molecular flexibility index (Phi) is 4.66. The van der Waals surface area contributed by atoms with Gasteiger partial charge < -0.3 is 20.9 Å². The molecule has 0 aliphatic carbocycles. The standard InChI is InChI=1S/C16H18N2O3/c1-21-15-7-4-12(17)10-14(15)16(20)18-9-8-11-2-5-13(19)6-3-11/h2-7,10,19H,8-9,17H2,1H3,(H,18,20). The first kappa shape index (κ1) is 14.7. The largest absolute Gasteiger partial charge is 0.508 e. The van der Waals surface area contributed by atoms with Gasteiger partial charge in [0.15, 0.2) is 0 Å². The molecule has 0 unspecified atom stereocenters. The van der Waals surface area contributed by atoms with Crippen molar-refractivity contribution in [1.82, 2.24) is 5.32 Å². The van der Waals surface area contributed by atoms with Crippen LogP contribution < -0.4 is 15.8 Å². The number of carbonyl (C=O) groups is 1. The summed E-state index contributed by atoms with van der Waals surface area (Å²) in [7, 11) is 1.51. The monoisotopic (exact) mass is 286 g/mol. The smallest absolute Gasteiger partial charge is 0.255 e. The van der Waals surface area contributed by atoms with Gasteiger partial charge in [0.25, 0.3) is 5.91 Å². The first-order valence-corrected chi connectivity index (χ1v) is 6.60. The average molecular weight is 286 g/mol. The summed E-state index contributed by atoms with van der Waals surface area (Å²) in [6.07, 6.45) is 0.677. The van der Waals surface area contributed by atoms with Crippen LogP contribution in [0.25, 0.3) is 0 Å². The van der Waals surface area contributed by atoms with Crippen molar-refractivity contribution in [1.29, 1.82) is 0 Å². The zero-order valence-corrected chi connectivity index (χ0v) is 11.8. The van der Waals surface area contributed by atoms with E-state index in [1.54, 1.807) is 30.3 Å². The minimum absolute atomic E-state index is 0.224. The zero-order chi connectivity index (χ0) is 15.2. The predicted octanol–water partition coefficient (Wildman–Crippen LogP) is 1.96. The third-order valence-corrected chi connectivity index (χ3v) is 3.10. The van der Waals surface area contributed by atoms with Crippen molar-refractivity contribution in [2.24, 2.45) is 0 Å². The number of nitrogen functional groups attached to an aromatic ring is 1. The molecule has 2 aromatic carbocycles. The van der Waals surface area contributed by atoms with E-state index in [1.165, 1.54) is 7.11 Å². The van der Waals surface area contributed by atoms with Gasteiger partial charge in [-0.05, 0) is 42.3 Å². The Morgan fingerprint density at radius 3 is 2.62 bits per heavy atom. The molecule has 0 bridgehead atoms. The summed E-state index contributed by atoms with van der Waals surface area (Å²) in [6, 6.07) is 11.8. The number of phenols is 1. The third-order valence-electron chi connectivity index (χ3n) is 3.10. The number of hydrogen-bond donors (Lipinski definition) is 3. The fourth-order valence-corrected chi connectivity index (χ4v) is 1.98. The van der Waals surface area contributed by atoms with Gasteiger partial charge in [-0.15, -0.1) is 0 Å². The summed E-state index contributed by atoms with van der Waals surface area (Å²) in [6.45, 7) is 0.488. The van der Waals surface area contributed by atoms with E-state index in [4.69, 9.17) is 10.5 Å². The van der Waals surface area contributed by atoms with E-state index >= 15 is 0 Å². The molecule has 2 aromatic rings. The van der Waals surface area contributed by atoms with Gasteiger partial charge in [-0.2, -0.15) is 0 Å². The topological polar surface area (TPSA) is 84.6 Å². The number of hydrogen-bond acceptors (Lipinski definition) is 4. The maximum absolute atomic E-state index is 12.1. The highest BCUT2D eigenvalue weighted by Crippen LogP contribution is 2.20. The molecule has 5 nitrogen and oxygen atoms in total. The Bertz CT molecular complexity index is 624. The molecule has 0 saturated heterocycles. The van der Waals surface area contributed by atoms with Crippen molar-refractivity contribution in [3.05, 3.63) is 53.6 Å². The maximum atomic E-state index is 12.1. The number of benzene rings is 2. The van der Waals surface area contributed by atoms with Crippen molar-refractivity contribution >= 4 is 11.6 Å². The predicted molar refractivity (Wildman–Crippen MR) is 81.6 cm³/mol. The molecule has 0 aliphatic heterocycles. The van der Waals surface area contributed by atoms with Crippen LogP contribution in [-0.4, -0.2) is 24.7 Å². The van der Waals surface area contributed by atoms with E-state index in [-0.39, 0.29) is 11.7 Å². The molecule has 4 N–H and O–H groups in total. The Balaban J connectivity index is 1.95. The Hall–Kier alpha value is -2.69. The van der Waals surface area contributed by atoms with Gasteiger partial charge in [-0.25, -0.2) is 0 Å². The molecule has 1 amide bonds. The Morgan fingerprint density at radius 2 is 1.95 bits per heavy atom. The summed E-state index contributed by atoms with van der Waals surface area (Å²) < 4.78 is 5.16. The van der Waals surface area contributed by atoms with Gasteiger partial charge in [0, 0.05) is 12.2 Å². The van der Waals surface area contributed by atoms with Crippen LogP contribution in [0.4, 0.5) is 5.69 Å². The van der Waals surface area contributed by atoms with Gasteiger partial charge in [0.1, 0.15) is 11.5 Å². The summed E-state index contributed by atoms with van der Waals surface area (Å²) in [5, 5.41) is 12.0. The highest BCUT2D eigenvalue weighted by atomic mass is 16.5. The normalized spacial score (nSPS) is 10.1. The molecule has 0 saturated carbocycles. The minimum atomic E-state index is -0.224. The van der Waals surface area contributed by atoms with Gasteiger partial charge in [0.2, 0.25) is 0 Å². The molecule has 5 heteroatoms. The van der Waals surface area contributed by atoms with Crippen LogP contribution in [0.5, 0.6) is 11.5 Å². The number of aromatic hydroxyl groups is 1. The van der Waals surface area contributed by atoms with Crippen LogP contribution in [0.3, 0.4) is 0 Å². The summed E-state index contributed by atoms with van der Waals surface area (Å²) >= 11 is 0. The molecule has 21 heavy (non-hydrogen) atoms. The number of rotatable bonds is 5. The van der Waals surface area contributed by atoms with Gasteiger partial charge in [-0.3, -0.25) is 4.79 Å². The van der Waals surface area contributed by atoms with E-state index in [2.05, 4.69) is 5.32 Å². The molecular weight excluding hydrogens is 268 g/mol. The fraction of sp³-hybridized carbons (Fsp3) is 0.188. The SMILES string of the molecule is COc1ccc(N)cc1C(=O)NCCc1ccc(O)cc1.